The van der Waals surface area contributed by atoms with Crippen LogP contribution in [0, 0.1) is 0 Å². The highest BCUT2D eigenvalue weighted by atomic mass is 16.5. The Hall–Kier alpha value is -5.97. The van der Waals surface area contributed by atoms with Crippen molar-refractivity contribution in [2.75, 3.05) is 19.5 Å². The fourth-order valence-electron chi connectivity index (χ4n) is 4.58. The lowest BCUT2D eigenvalue weighted by atomic mass is 10.1. The van der Waals surface area contributed by atoms with Crippen molar-refractivity contribution in [1.29, 1.82) is 0 Å². The summed E-state index contributed by atoms with van der Waals surface area (Å²) in [6, 6.07) is 25.6. The predicted octanol–water partition coefficient (Wildman–Crippen LogP) is 5.79. The van der Waals surface area contributed by atoms with Crippen molar-refractivity contribution in [1.82, 2.24) is 9.97 Å². The van der Waals surface area contributed by atoms with Crippen molar-refractivity contribution in [2.45, 2.75) is 12.8 Å². The normalized spacial score (nSPS) is 11.5. The zero-order valence-electron chi connectivity index (χ0n) is 23.9. The number of ether oxygens (including phenoxy) is 2. The monoisotopic (exact) mass is 589 g/mol. The van der Waals surface area contributed by atoms with Gasteiger partial charge in [-0.25, -0.2) is 15.0 Å². The predicted molar refractivity (Wildman–Crippen MR) is 165 cm³/mol. The number of aliphatic imine (C=N–C) groups is 1. The molecule has 0 aliphatic rings. The lowest BCUT2D eigenvalue weighted by Crippen LogP contribution is -2.21. The number of guanidine groups is 1. The molecular weight excluding hydrogens is 562 g/mol. The number of benzene rings is 4. The van der Waals surface area contributed by atoms with E-state index in [2.05, 4.69) is 20.3 Å². The van der Waals surface area contributed by atoms with Crippen LogP contribution < -0.4 is 11.1 Å². The van der Waals surface area contributed by atoms with Crippen molar-refractivity contribution in [3.63, 3.8) is 0 Å². The van der Waals surface area contributed by atoms with Gasteiger partial charge in [-0.15, -0.1) is 0 Å². The van der Waals surface area contributed by atoms with Crippen molar-refractivity contribution in [3.05, 3.63) is 96.1 Å². The van der Waals surface area contributed by atoms with Gasteiger partial charge in [-0.1, -0.05) is 12.1 Å². The van der Waals surface area contributed by atoms with E-state index in [0.29, 0.717) is 39.7 Å². The summed E-state index contributed by atoms with van der Waals surface area (Å²) in [5, 5.41) is 3.08. The third-order valence-corrected chi connectivity index (χ3v) is 6.82. The highest BCUT2D eigenvalue weighted by Crippen LogP contribution is 2.28. The maximum atomic E-state index is 11.6. The molecule has 0 atom stereocenters. The minimum atomic E-state index is -0.316. The van der Waals surface area contributed by atoms with Gasteiger partial charge in [0.1, 0.15) is 11.0 Å². The fourth-order valence-corrected chi connectivity index (χ4v) is 4.58. The molecule has 0 fully saturated rings. The Morgan fingerprint density at radius 3 is 1.68 bits per heavy atom. The summed E-state index contributed by atoms with van der Waals surface area (Å²) in [5.74, 6) is 0.501. The lowest BCUT2D eigenvalue weighted by molar-refractivity contribution is -0.140. The molecule has 0 amide bonds. The molecule has 0 aliphatic heterocycles. The van der Waals surface area contributed by atoms with Crippen LogP contribution in [-0.2, 0) is 31.9 Å². The number of carbonyl (C=O) groups is 2. The van der Waals surface area contributed by atoms with Crippen molar-refractivity contribution in [3.8, 4) is 22.9 Å². The molecule has 11 nitrogen and oxygen atoms in total. The third kappa shape index (κ3) is 6.26. The number of fused-ring (bicyclic) bond motifs is 2. The Kier molecular flexibility index (Phi) is 7.75. The molecule has 2 heterocycles. The second kappa shape index (κ2) is 12.1. The van der Waals surface area contributed by atoms with Gasteiger partial charge in [0, 0.05) is 16.8 Å². The first-order chi connectivity index (χ1) is 21.4. The Bertz CT molecular complexity index is 2010. The average Bonchev–Trinajstić information content (AvgIpc) is 3.65. The quantitative estimate of drug-likeness (QED) is 0.127. The topological polar surface area (TPSA) is 155 Å². The standard InChI is InChI=1S/C33H27N5O6/c1-41-29(39)17-19-3-13-27-25(15-19)37-31(43-27)21-5-9-23(10-6-21)35-33(34)36-24-11-7-22(8-12-24)32-38-26-16-20(18-30(40)42-2)4-14-28(26)44-32/h3-16H,17-18H2,1-2H3,(H3,34,35,36). The number of aromatic nitrogens is 2. The molecule has 6 aromatic rings. The molecule has 0 saturated carbocycles. The minimum Gasteiger partial charge on any atom is -0.469 e. The maximum absolute atomic E-state index is 11.6. The van der Waals surface area contributed by atoms with Crippen LogP contribution in [0.4, 0.5) is 11.4 Å². The van der Waals surface area contributed by atoms with Gasteiger partial charge in [-0.2, -0.15) is 0 Å². The van der Waals surface area contributed by atoms with E-state index in [1.54, 1.807) is 12.1 Å². The Labute approximate surface area is 251 Å². The number of nitrogens with two attached hydrogens (primary N) is 1. The van der Waals surface area contributed by atoms with Gasteiger partial charge in [0.15, 0.2) is 17.1 Å². The molecule has 44 heavy (non-hydrogen) atoms. The molecule has 0 unspecified atom stereocenters. The summed E-state index contributed by atoms with van der Waals surface area (Å²) in [6.07, 6.45) is 0.336. The van der Waals surface area contributed by atoms with E-state index in [1.165, 1.54) is 14.2 Å². The first-order valence-electron chi connectivity index (χ1n) is 13.6. The molecule has 4 aromatic carbocycles. The van der Waals surface area contributed by atoms with Crippen LogP contribution in [-0.4, -0.2) is 42.1 Å². The average molecular weight is 590 g/mol. The van der Waals surface area contributed by atoms with E-state index in [4.69, 9.17) is 24.0 Å². The van der Waals surface area contributed by atoms with Gasteiger partial charge in [0.05, 0.1) is 32.7 Å². The lowest BCUT2D eigenvalue weighted by Gasteiger charge is -2.06. The molecule has 0 radical (unpaired) electrons. The summed E-state index contributed by atoms with van der Waals surface area (Å²) < 4.78 is 21.3. The third-order valence-electron chi connectivity index (χ3n) is 6.82. The number of nitrogens with zero attached hydrogens (tertiary/aromatic N) is 3. The highest BCUT2D eigenvalue weighted by Gasteiger charge is 2.12. The first-order valence-corrected chi connectivity index (χ1v) is 13.6. The summed E-state index contributed by atoms with van der Waals surface area (Å²) in [5.41, 5.74) is 13.3. The van der Waals surface area contributed by atoms with Crippen LogP contribution in [0.5, 0.6) is 0 Å². The van der Waals surface area contributed by atoms with Crippen LogP contribution in [0.1, 0.15) is 11.1 Å². The maximum Gasteiger partial charge on any atom is 0.309 e. The molecule has 0 spiro atoms. The number of hydrogen-bond acceptors (Lipinski definition) is 9. The number of carbonyl (C=O) groups excluding carboxylic acids is 2. The van der Waals surface area contributed by atoms with Crippen LogP contribution in [0.3, 0.4) is 0 Å². The highest BCUT2D eigenvalue weighted by molar-refractivity contribution is 5.94. The van der Waals surface area contributed by atoms with Crippen LogP contribution in [0.15, 0.2) is 98.8 Å². The number of hydrogen-bond donors (Lipinski definition) is 2. The van der Waals surface area contributed by atoms with Crippen LogP contribution in [0.25, 0.3) is 45.1 Å². The molecule has 3 N–H and O–H groups in total. The second-order valence-electron chi connectivity index (χ2n) is 9.89. The number of anilines is 1. The minimum absolute atomic E-state index is 0.168. The molecule has 220 valence electrons. The summed E-state index contributed by atoms with van der Waals surface area (Å²) in [4.78, 5) is 36.7. The van der Waals surface area contributed by atoms with Crippen molar-refractivity contribution in [2.24, 2.45) is 10.7 Å². The molecule has 6 rings (SSSR count). The van der Waals surface area contributed by atoms with Crippen LogP contribution in [0.2, 0.25) is 0 Å². The number of oxazole rings is 2. The molecule has 0 bridgehead atoms. The molecule has 11 heteroatoms. The van der Waals surface area contributed by atoms with Gasteiger partial charge in [-0.3, -0.25) is 9.59 Å². The van der Waals surface area contributed by atoms with Gasteiger partial charge >= 0.3 is 11.9 Å². The van der Waals surface area contributed by atoms with Crippen molar-refractivity contribution >= 4 is 51.5 Å². The Balaban J connectivity index is 1.11. The molecule has 0 saturated heterocycles. The second-order valence-corrected chi connectivity index (χ2v) is 9.89. The van der Waals surface area contributed by atoms with E-state index < -0.39 is 0 Å². The number of nitrogens with one attached hydrogen (secondary N) is 1. The summed E-state index contributed by atoms with van der Waals surface area (Å²) >= 11 is 0. The van der Waals surface area contributed by atoms with Crippen molar-refractivity contribution < 1.29 is 27.9 Å². The molecule has 2 aromatic heterocycles. The van der Waals surface area contributed by atoms with Crippen LogP contribution >= 0.6 is 0 Å². The van der Waals surface area contributed by atoms with E-state index in [-0.39, 0.29) is 30.7 Å². The van der Waals surface area contributed by atoms with E-state index in [1.807, 2.05) is 72.8 Å². The largest absolute Gasteiger partial charge is 0.469 e. The molecular formula is C33H27N5O6. The Morgan fingerprint density at radius 1 is 0.727 bits per heavy atom. The number of rotatable bonds is 8. The van der Waals surface area contributed by atoms with E-state index >= 15 is 0 Å². The number of methoxy groups -OCH3 is 2. The van der Waals surface area contributed by atoms with Gasteiger partial charge < -0.3 is 29.4 Å². The van der Waals surface area contributed by atoms with Gasteiger partial charge in [-0.05, 0) is 83.9 Å². The SMILES string of the molecule is COC(=O)Cc1ccc2oc(-c3ccc(N=C(N)Nc4ccc(-c5nc6cc(CC(=O)OC)ccc6o5)cc4)cc3)nc2c1. The van der Waals surface area contributed by atoms with Gasteiger partial charge in [0.25, 0.3) is 0 Å². The van der Waals surface area contributed by atoms with E-state index in [0.717, 1.165) is 27.9 Å². The smallest absolute Gasteiger partial charge is 0.309 e. The summed E-state index contributed by atoms with van der Waals surface area (Å²) in [7, 11) is 2.72. The Morgan fingerprint density at radius 2 is 1.20 bits per heavy atom. The van der Waals surface area contributed by atoms with E-state index in [9.17, 15) is 9.59 Å². The van der Waals surface area contributed by atoms with Gasteiger partial charge in [0.2, 0.25) is 11.8 Å². The zero-order valence-corrected chi connectivity index (χ0v) is 23.9. The molecule has 0 aliphatic carbocycles. The zero-order chi connectivity index (χ0) is 30.6. The fraction of sp³-hybridized carbons (Fsp3) is 0.121. The first kappa shape index (κ1) is 28.2. The summed E-state index contributed by atoms with van der Waals surface area (Å²) in [6.45, 7) is 0. The number of esters is 2.